The molecule has 1 amide bonds. The summed E-state index contributed by atoms with van der Waals surface area (Å²) in [6.07, 6.45) is 7.72. The van der Waals surface area contributed by atoms with Crippen LogP contribution in [0.4, 0.5) is 0 Å². The molecular weight excluding hydrogens is 326 g/mol. The molecule has 0 atom stereocenters. The molecule has 0 bridgehead atoms. The molecule has 1 aliphatic rings. The number of nitrogens with one attached hydrogen (secondary N) is 1. The van der Waals surface area contributed by atoms with Gasteiger partial charge in [0.05, 0.1) is 0 Å². The summed E-state index contributed by atoms with van der Waals surface area (Å²) < 4.78 is 7.55. The Morgan fingerprint density at radius 1 is 1.42 bits per heavy atom. The van der Waals surface area contributed by atoms with Crippen LogP contribution in [0.15, 0.2) is 23.7 Å². The molecule has 0 fully saturated rings. The molecule has 128 valence electrons. The number of hydrogen-bond acceptors (Lipinski definition) is 6. The number of rotatable bonds is 7. The zero-order valence-electron chi connectivity index (χ0n) is 13.7. The minimum Gasteiger partial charge on any atom is -0.483 e. The molecule has 0 aromatic carbocycles. The summed E-state index contributed by atoms with van der Waals surface area (Å²) in [5.74, 6) is 1.42. The van der Waals surface area contributed by atoms with Gasteiger partial charge in [0.2, 0.25) is 0 Å². The lowest BCUT2D eigenvalue weighted by molar-refractivity contribution is -0.122. The highest BCUT2D eigenvalue weighted by Gasteiger charge is 2.15. The van der Waals surface area contributed by atoms with E-state index in [1.54, 1.807) is 24.3 Å². The van der Waals surface area contributed by atoms with Crippen LogP contribution in [0.1, 0.15) is 24.1 Å². The number of pyridine rings is 1. The van der Waals surface area contributed by atoms with Gasteiger partial charge in [-0.25, -0.2) is 0 Å². The van der Waals surface area contributed by atoms with Crippen molar-refractivity contribution in [1.82, 2.24) is 25.1 Å². The third kappa shape index (κ3) is 4.25. The molecule has 2 aromatic heterocycles. The average molecular weight is 347 g/mol. The number of carbonyl (C=O) groups is 1. The number of thioether (sulfide) groups is 1. The highest BCUT2D eigenvalue weighted by Crippen LogP contribution is 2.27. The molecule has 0 unspecified atom stereocenters. The molecule has 1 N–H and O–H groups in total. The van der Waals surface area contributed by atoms with Crippen LogP contribution >= 0.6 is 11.8 Å². The van der Waals surface area contributed by atoms with Crippen LogP contribution < -0.4 is 10.1 Å². The first-order valence-corrected chi connectivity index (χ1v) is 9.05. The summed E-state index contributed by atoms with van der Waals surface area (Å²) in [4.78, 5) is 16.3. The van der Waals surface area contributed by atoms with E-state index in [9.17, 15) is 4.79 Å². The van der Waals surface area contributed by atoms with Crippen LogP contribution in [0, 0.1) is 0 Å². The van der Waals surface area contributed by atoms with Gasteiger partial charge in [0.15, 0.2) is 11.8 Å². The summed E-state index contributed by atoms with van der Waals surface area (Å²) >= 11 is 1.55. The van der Waals surface area contributed by atoms with Crippen molar-refractivity contribution in [2.45, 2.75) is 30.8 Å². The van der Waals surface area contributed by atoms with Crippen molar-refractivity contribution in [2.75, 3.05) is 18.9 Å². The van der Waals surface area contributed by atoms with Crippen LogP contribution in [0.25, 0.3) is 0 Å². The van der Waals surface area contributed by atoms with E-state index in [2.05, 4.69) is 20.5 Å². The Morgan fingerprint density at radius 3 is 3.12 bits per heavy atom. The highest BCUT2D eigenvalue weighted by atomic mass is 32.2. The number of fused-ring (bicyclic) bond motifs is 1. The van der Waals surface area contributed by atoms with E-state index >= 15 is 0 Å². The number of amides is 1. The molecule has 0 saturated carbocycles. The quantitative estimate of drug-likeness (QED) is 0.602. The number of aryl methyl sites for hydroxylation is 2. The zero-order valence-corrected chi connectivity index (χ0v) is 14.5. The van der Waals surface area contributed by atoms with Gasteiger partial charge in [0.1, 0.15) is 12.1 Å². The van der Waals surface area contributed by atoms with Crippen LogP contribution in [-0.4, -0.2) is 44.6 Å². The van der Waals surface area contributed by atoms with Crippen molar-refractivity contribution >= 4 is 17.7 Å². The lowest BCUT2D eigenvalue weighted by Crippen LogP contribution is -2.31. The molecule has 1 aliphatic carbocycles. The molecule has 8 heteroatoms. The van der Waals surface area contributed by atoms with E-state index in [-0.39, 0.29) is 12.5 Å². The van der Waals surface area contributed by atoms with Gasteiger partial charge in [-0.05, 0) is 31.7 Å². The Morgan fingerprint density at radius 2 is 2.29 bits per heavy atom. The van der Waals surface area contributed by atoms with E-state index in [1.807, 2.05) is 17.7 Å². The first-order valence-electron chi connectivity index (χ1n) is 8.07. The Balaban J connectivity index is 1.41. The SMILES string of the molecule is Cn1cnnc1SCCNC(=O)COc1ccnc2c1CCCC2. The maximum Gasteiger partial charge on any atom is 0.257 e. The van der Waals surface area contributed by atoms with Crippen molar-refractivity contribution in [3.8, 4) is 5.75 Å². The Labute approximate surface area is 145 Å². The number of ether oxygens (including phenoxy) is 1. The van der Waals surface area contributed by atoms with E-state index in [0.717, 1.165) is 47.2 Å². The van der Waals surface area contributed by atoms with Gasteiger partial charge in [0, 0.05) is 36.8 Å². The van der Waals surface area contributed by atoms with Crippen molar-refractivity contribution in [2.24, 2.45) is 7.05 Å². The van der Waals surface area contributed by atoms with Crippen LogP contribution in [0.5, 0.6) is 5.75 Å². The zero-order chi connectivity index (χ0) is 16.8. The molecule has 7 nitrogen and oxygen atoms in total. The molecule has 24 heavy (non-hydrogen) atoms. The van der Waals surface area contributed by atoms with E-state index < -0.39 is 0 Å². The molecule has 0 spiro atoms. The first kappa shape index (κ1) is 16.8. The topological polar surface area (TPSA) is 81.9 Å². The summed E-state index contributed by atoms with van der Waals surface area (Å²) in [5, 5.41) is 11.5. The average Bonchev–Trinajstić information content (AvgIpc) is 3.02. The maximum atomic E-state index is 11.9. The first-order chi connectivity index (χ1) is 11.7. The lowest BCUT2D eigenvalue weighted by Gasteiger charge is -2.18. The van der Waals surface area contributed by atoms with Gasteiger partial charge < -0.3 is 14.6 Å². The number of carbonyl (C=O) groups excluding carboxylic acids is 1. The Hall–Kier alpha value is -2.09. The molecular formula is C16H21N5O2S. The molecule has 0 radical (unpaired) electrons. The molecule has 2 aromatic rings. The van der Waals surface area contributed by atoms with Gasteiger partial charge in [-0.3, -0.25) is 9.78 Å². The summed E-state index contributed by atoms with van der Waals surface area (Å²) in [7, 11) is 1.89. The van der Waals surface area contributed by atoms with Crippen molar-refractivity contribution in [3.05, 3.63) is 29.8 Å². The fourth-order valence-corrected chi connectivity index (χ4v) is 3.40. The third-order valence-corrected chi connectivity index (χ3v) is 4.91. The molecule has 2 heterocycles. The second-order valence-electron chi connectivity index (χ2n) is 5.65. The number of nitrogens with zero attached hydrogens (tertiary/aromatic N) is 4. The fraction of sp³-hybridized carbons (Fsp3) is 0.500. The summed E-state index contributed by atoms with van der Waals surface area (Å²) in [6, 6.07) is 1.85. The third-order valence-electron chi connectivity index (χ3n) is 3.88. The lowest BCUT2D eigenvalue weighted by atomic mass is 9.95. The minimum atomic E-state index is -0.116. The minimum absolute atomic E-state index is 0.0328. The Kier molecular flexibility index (Phi) is 5.68. The summed E-state index contributed by atoms with van der Waals surface area (Å²) in [5.41, 5.74) is 2.27. The largest absolute Gasteiger partial charge is 0.483 e. The predicted octanol–water partition coefficient (Wildman–Crippen LogP) is 1.38. The predicted molar refractivity (Wildman–Crippen MR) is 91.1 cm³/mol. The summed E-state index contributed by atoms with van der Waals surface area (Å²) in [6.45, 7) is 0.596. The van der Waals surface area contributed by atoms with Gasteiger partial charge in [-0.2, -0.15) is 0 Å². The number of hydrogen-bond donors (Lipinski definition) is 1. The van der Waals surface area contributed by atoms with Crippen LogP contribution in [0.2, 0.25) is 0 Å². The fourth-order valence-electron chi connectivity index (χ4n) is 2.66. The van der Waals surface area contributed by atoms with Gasteiger partial charge in [0.25, 0.3) is 5.91 Å². The van der Waals surface area contributed by atoms with E-state index in [4.69, 9.17) is 4.74 Å². The highest BCUT2D eigenvalue weighted by molar-refractivity contribution is 7.99. The van der Waals surface area contributed by atoms with Crippen molar-refractivity contribution in [1.29, 1.82) is 0 Å². The maximum absolute atomic E-state index is 11.9. The monoisotopic (exact) mass is 347 g/mol. The molecule has 0 saturated heterocycles. The van der Waals surface area contributed by atoms with Crippen LogP contribution in [0.3, 0.4) is 0 Å². The van der Waals surface area contributed by atoms with Gasteiger partial charge >= 0.3 is 0 Å². The van der Waals surface area contributed by atoms with Gasteiger partial charge in [-0.1, -0.05) is 11.8 Å². The number of aromatic nitrogens is 4. The molecule has 0 aliphatic heterocycles. The van der Waals surface area contributed by atoms with Gasteiger partial charge in [-0.15, -0.1) is 10.2 Å². The second kappa shape index (κ2) is 8.14. The van der Waals surface area contributed by atoms with Crippen LogP contribution in [-0.2, 0) is 24.7 Å². The van der Waals surface area contributed by atoms with Crippen molar-refractivity contribution in [3.63, 3.8) is 0 Å². The molecule has 3 rings (SSSR count). The Bertz CT molecular complexity index is 704. The second-order valence-corrected chi connectivity index (χ2v) is 6.72. The standard InChI is InChI=1S/C16H21N5O2S/c1-21-11-19-20-16(21)24-9-8-18-15(22)10-23-14-6-7-17-13-5-3-2-4-12(13)14/h6-7,11H,2-5,8-10H2,1H3,(H,18,22). The van der Waals surface area contributed by atoms with Crippen molar-refractivity contribution < 1.29 is 9.53 Å². The van der Waals surface area contributed by atoms with E-state index in [1.165, 1.54) is 6.42 Å². The normalized spacial score (nSPS) is 13.4. The smallest absolute Gasteiger partial charge is 0.257 e. The van der Waals surface area contributed by atoms with E-state index in [0.29, 0.717) is 6.54 Å².